The monoisotopic (exact) mass is 303 g/mol. The molecule has 1 saturated heterocycles. The Hall–Kier alpha value is -1.73. The Morgan fingerprint density at radius 1 is 1.32 bits per heavy atom. The third kappa shape index (κ3) is 3.92. The van der Waals surface area contributed by atoms with E-state index in [0.29, 0.717) is 38.7 Å². The molecule has 118 valence electrons. The summed E-state index contributed by atoms with van der Waals surface area (Å²) < 4.78 is 10.9. The summed E-state index contributed by atoms with van der Waals surface area (Å²) in [6, 6.07) is 9.77. The first kappa shape index (κ1) is 15.2. The van der Waals surface area contributed by atoms with Gasteiger partial charge in [-0.1, -0.05) is 18.2 Å². The van der Waals surface area contributed by atoms with Crippen LogP contribution in [0.3, 0.4) is 0 Å². The highest BCUT2D eigenvalue weighted by atomic mass is 16.5. The van der Waals surface area contributed by atoms with E-state index in [1.165, 1.54) is 0 Å². The molecule has 1 aliphatic rings. The van der Waals surface area contributed by atoms with Gasteiger partial charge < -0.3 is 24.9 Å². The molecule has 0 aliphatic carbocycles. The number of aromatic nitrogens is 1. The van der Waals surface area contributed by atoms with Crippen LogP contribution in [0.2, 0.25) is 0 Å². The molecule has 1 atom stereocenters. The molecule has 6 nitrogen and oxygen atoms in total. The van der Waals surface area contributed by atoms with Crippen molar-refractivity contribution in [2.75, 3.05) is 32.8 Å². The summed E-state index contributed by atoms with van der Waals surface area (Å²) in [6.07, 6.45) is 1.64. The first-order valence-electron chi connectivity index (χ1n) is 7.47. The van der Waals surface area contributed by atoms with Crippen molar-refractivity contribution in [3.05, 3.63) is 42.3 Å². The van der Waals surface area contributed by atoms with Gasteiger partial charge in [0.25, 0.3) is 0 Å². The average Bonchev–Trinajstić information content (AvgIpc) is 2.90. The molecule has 0 spiro atoms. The van der Waals surface area contributed by atoms with Crippen molar-refractivity contribution in [1.29, 1.82) is 0 Å². The van der Waals surface area contributed by atoms with Crippen LogP contribution in [-0.4, -0.2) is 48.5 Å². The zero-order valence-electron chi connectivity index (χ0n) is 12.4. The summed E-state index contributed by atoms with van der Waals surface area (Å²) in [5, 5.41) is 16.8. The molecule has 2 aromatic rings. The molecule has 1 fully saturated rings. The van der Waals surface area contributed by atoms with Crippen LogP contribution >= 0.6 is 0 Å². The quantitative estimate of drug-likeness (QED) is 0.757. The topological polar surface area (TPSA) is 79.5 Å². The molecule has 0 unspecified atom stereocenters. The molecular formula is C16H21N3O3. The predicted octanol–water partition coefficient (Wildman–Crippen LogP) is 0.782. The van der Waals surface area contributed by atoms with Gasteiger partial charge in [0.05, 0.1) is 18.9 Å². The lowest BCUT2D eigenvalue weighted by atomic mass is 10.1. The predicted molar refractivity (Wildman–Crippen MR) is 82.3 cm³/mol. The van der Waals surface area contributed by atoms with Crippen LogP contribution in [-0.2, 0) is 11.3 Å². The van der Waals surface area contributed by atoms with Gasteiger partial charge in [-0.05, 0) is 12.1 Å². The molecule has 0 bridgehead atoms. The zero-order chi connectivity index (χ0) is 15.3. The van der Waals surface area contributed by atoms with Gasteiger partial charge in [-0.15, -0.1) is 0 Å². The molecule has 22 heavy (non-hydrogen) atoms. The van der Waals surface area contributed by atoms with E-state index >= 15 is 0 Å². The van der Waals surface area contributed by atoms with Crippen molar-refractivity contribution < 1.29 is 14.3 Å². The van der Waals surface area contributed by atoms with E-state index in [-0.39, 0.29) is 0 Å². The molecular weight excluding hydrogens is 282 g/mol. The fourth-order valence-corrected chi connectivity index (χ4v) is 2.42. The van der Waals surface area contributed by atoms with Crippen LogP contribution in [0.1, 0.15) is 5.69 Å². The van der Waals surface area contributed by atoms with Gasteiger partial charge in [0, 0.05) is 31.7 Å². The minimum atomic E-state index is -0.886. The first-order chi connectivity index (χ1) is 10.8. The highest BCUT2D eigenvalue weighted by Gasteiger charge is 2.28. The Balaban J connectivity index is 1.53. The van der Waals surface area contributed by atoms with Gasteiger partial charge in [-0.2, -0.15) is 0 Å². The number of ether oxygens (including phenoxy) is 1. The molecule has 1 aromatic carbocycles. The normalized spacial score (nSPS) is 22.4. The van der Waals surface area contributed by atoms with Crippen molar-refractivity contribution >= 4 is 0 Å². The van der Waals surface area contributed by atoms with Crippen LogP contribution in [0.5, 0.6) is 0 Å². The van der Waals surface area contributed by atoms with E-state index in [1.54, 1.807) is 6.26 Å². The SMILES string of the molecule is O[C@@]1(CNCc2coc(-c3ccccc3)n2)CNCCOC1. The lowest BCUT2D eigenvalue weighted by Gasteiger charge is -2.25. The van der Waals surface area contributed by atoms with E-state index in [1.807, 2.05) is 30.3 Å². The van der Waals surface area contributed by atoms with Crippen molar-refractivity contribution in [3.8, 4) is 11.5 Å². The second-order valence-corrected chi connectivity index (χ2v) is 5.57. The van der Waals surface area contributed by atoms with Gasteiger partial charge in [0.15, 0.2) is 0 Å². The number of nitrogens with zero attached hydrogens (tertiary/aromatic N) is 1. The molecule has 1 aromatic heterocycles. The fraction of sp³-hybridized carbons (Fsp3) is 0.438. The van der Waals surface area contributed by atoms with Crippen LogP contribution in [0, 0.1) is 0 Å². The smallest absolute Gasteiger partial charge is 0.226 e. The number of hydrogen-bond acceptors (Lipinski definition) is 6. The Labute approximate surface area is 129 Å². The van der Waals surface area contributed by atoms with E-state index < -0.39 is 5.60 Å². The summed E-state index contributed by atoms with van der Waals surface area (Å²) in [6.45, 7) is 3.24. The molecule has 3 N–H and O–H groups in total. The Bertz CT molecular complexity index is 577. The summed E-state index contributed by atoms with van der Waals surface area (Å²) >= 11 is 0. The molecule has 0 saturated carbocycles. The highest BCUT2D eigenvalue weighted by Crippen LogP contribution is 2.17. The molecule has 0 radical (unpaired) electrons. The third-order valence-corrected chi connectivity index (χ3v) is 3.58. The average molecular weight is 303 g/mol. The fourth-order valence-electron chi connectivity index (χ4n) is 2.42. The molecule has 6 heteroatoms. The van der Waals surface area contributed by atoms with Crippen LogP contribution in [0.25, 0.3) is 11.5 Å². The van der Waals surface area contributed by atoms with Crippen molar-refractivity contribution in [3.63, 3.8) is 0 Å². The zero-order valence-corrected chi connectivity index (χ0v) is 12.4. The summed E-state index contributed by atoms with van der Waals surface area (Å²) in [4.78, 5) is 4.45. The maximum Gasteiger partial charge on any atom is 0.226 e. The number of benzene rings is 1. The highest BCUT2D eigenvalue weighted by molar-refractivity contribution is 5.52. The van der Waals surface area contributed by atoms with Crippen LogP contribution in [0.15, 0.2) is 41.0 Å². The number of oxazole rings is 1. The summed E-state index contributed by atoms with van der Waals surface area (Å²) in [7, 11) is 0. The molecule has 2 heterocycles. The van der Waals surface area contributed by atoms with E-state index in [2.05, 4.69) is 15.6 Å². The van der Waals surface area contributed by atoms with Gasteiger partial charge in [0.2, 0.25) is 5.89 Å². The second kappa shape index (κ2) is 7.02. The number of β-amino-alcohol motifs (C(OH)–C–C–N with tert-alkyl or cyclic N) is 1. The summed E-state index contributed by atoms with van der Waals surface area (Å²) in [5.41, 5.74) is 0.876. The largest absolute Gasteiger partial charge is 0.444 e. The third-order valence-electron chi connectivity index (χ3n) is 3.58. The maximum absolute atomic E-state index is 10.4. The van der Waals surface area contributed by atoms with Gasteiger partial charge >= 0.3 is 0 Å². The van der Waals surface area contributed by atoms with Gasteiger partial charge in [-0.3, -0.25) is 0 Å². The minimum absolute atomic E-state index is 0.334. The van der Waals surface area contributed by atoms with E-state index in [4.69, 9.17) is 9.15 Å². The number of aliphatic hydroxyl groups is 1. The van der Waals surface area contributed by atoms with Crippen molar-refractivity contribution in [1.82, 2.24) is 15.6 Å². The van der Waals surface area contributed by atoms with Gasteiger partial charge in [-0.25, -0.2) is 4.98 Å². The number of rotatable bonds is 5. The molecule has 1 aliphatic heterocycles. The minimum Gasteiger partial charge on any atom is -0.444 e. The van der Waals surface area contributed by atoms with Crippen LogP contribution in [0.4, 0.5) is 0 Å². The van der Waals surface area contributed by atoms with Crippen LogP contribution < -0.4 is 10.6 Å². The Morgan fingerprint density at radius 2 is 2.18 bits per heavy atom. The standard InChI is InChI=1S/C16H21N3O3/c20-16(10-17-6-7-21-12-16)11-18-8-14-9-22-15(19-14)13-4-2-1-3-5-13/h1-5,9,17-18,20H,6-8,10-12H2/t16-/m1/s1. The number of nitrogens with one attached hydrogen (secondary N) is 2. The second-order valence-electron chi connectivity index (χ2n) is 5.57. The maximum atomic E-state index is 10.4. The summed E-state index contributed by atoms with van der Waals surface area (Å²) in [5.74, 6) is 0.607. The lowest BCUT2D eigenvalue weighted by molar-refractivity contribution is -0.0264. The molecule has 0 amide bonds. The number of hydrogen-bond donors (Lipinski definition) is 3. The van der Waals surface area contributed by atoms with Crippen molar-refractivity contribution in [2.24, 2.45) is 0 Å². The Morgan fingerprint density at radius 3 is 3.05 bits per heavy atom. The lowest BCUT2D eigenvalue weighted by Crippen LogP contribution is -2.50. The van der Waals surface area contributed by atoms with Crippen molar-refractivity contribution in [2.45, 2.75) is 12.1 Å². The first-order valence-corrected chi connectivity index (χ1v) is 7.47. The van der Waals surface area contributed by atoms with E-state index in [0.717, 1.165) is 17.8 Å². The van der Waals surface area contributed by atoms with Gasteiger partial charge in [0.1, 0.15) is 11.9 Å². The Kier molecular flexibility index (Phi) is 4.84. The van der Waals surface area contributed by atoms with E-state index in [9.17, 15) is 5.11 Å². The molecule has 3 rings (SSSR count).